The lowest BCUT2D eigenvalue weighted by Gasteiger charge is -2.32. The van der Waals surface area contributed by atoms with Gasteiger partial charge in [-0.2, -0.15) is 0 Å². The number of hydrogen-bond acceptors (Lipinski definition) is 5. The summed E-state index contributed by atoms with van der Waals surface area (Å²) >= 11 is 1.56. The van der Waals surface area contributed by atoms with Gasteiger partial charge in [-0.25, -0.2) is 9.78 Å². The van der Waals surface area contributed by atoms with Crippen molar-refractivity contribution in [2.45, 2.75) is 51.7 Å². The van der Waals surface area contributed by atoms with Crippen LogP contribution in [0.15, 0.2) is 6.20 Å². The van der Waals surface area contributed by atoms with Crippen LogP contribution in [-0.2, 0) is 11.3 Å². The van der Waals surface area contributed by atoms with Crippen LogP contribution in [0.3, 0.4) is 0 Å². The number of likely N-dealkylation sites (tertiary alicyclic amines) is 1. The Hall–Kier alpha value is -1.14. The highest BCUT2D eigenvalue weighted by Gasteiger charge is 2.28. The number of aromatic nitrogens is 1. The van der Waals surface area contributed by atoms with Crippen LogP contribution in [0.4, 0.5) is 4.79 Å². The third-order valence-electron chi connectivity index (χ3n) is 3.22. The van der Waals surface area contributed by atoms with Gasteiger partial charge in [0.2, 0.25) is 0 Å². The van der Waals surface area contributed by atoms with Crippen molar-refractivity contribution < 1.29 is 14.6 Å². The molecule has 0 bridgehead atoms. The van der Waals surface area contributed by atoms with E-state index in [9.17, 15) is 4.79 Å². The van der Waals surface area contributed by atoms with Crippen LogP contribution in [0.2, 0.25) is 0 Å². The zero-order chi connectivity index (χ0) is 14.8. The minimum atomic E-state index is -0.445. The monoisotopic (exact) mass is 298 g/mol. The average Bonchev–Trinajstić information content (AvgIpc) is 2.85. The molecule has 0 aliphatic carbocycles. The van der Waals surface area contributed by atoms with Crippen molar-refractivity contribution in [1.29, 1.82) is 0 Å². The number of carbonyl (C=O) groups excluding carboxylic acids is 1. The number of carbonyl (C=O) groups is 1. The van der Waals surface area contributed by atoms with Crippen molar-refractivity contribution >= 4 is 17.4 Å². The number of thiazole rings is 1. The van der Waals surface area contributed by atoms with Gasteiger partial charge in [-0.1, -0.05) is 0 Å². The van der Waals surface area contributed by atoms with Crippen molar-refractivity contribution in [2.75, 3.05) is 13.1 Å². The minimum Gasteiger partial charge on any atom is -0.444 e. The van der Waals surface area contributed by atoms with Gasteiger partial charge < -0.3 is 14.7 Å². The molecular formula is C14H22N2O3S. The third kappa shape index (κ3) is 3.93. The Morgan fingerprint density at radius 2 is 2.15 bits per heavy atom. The molecule has 0 saturated carbocycles. The van der Waals surface area contributed by atoms with Crippen LogP contribution in [0.25, 0.3) is 0 Å². The van der Waals surface area contributed by atoms with E-state index in [1.54, 1.807) is 22.4 Å². The van der Waals surface area contributed by atoms with E-state index in [0.29, 0.717) is 19.0 Å². The molecule has 1 aliphatic heterocycles. The zero-order valence-corrected chi connectivity index (χ0v) is 13.1. The van der Waals surface area contributed by atoms with Crippen molar-refractivity contribution in [1.82, 2.24) is 9.88 Å². The van der Waals surface area contributed by atoms with E-state index in [4.69, 9.17) is 9.84 Å². The fraction of sp³-hybridized carbons (Fsp3) is 0.714. The van der Waals surface area contributed by atoms with E-state index in [1.165, 1.54) is 0 Å². The number of rotatable bonds is 2. The molecule has 1 aromatic rings. The topological polar surface area (TPSA) is 62.7 Å². The summed E-state index contributed by atoms with van der Waals surface area (Å²) in [6, 6.07) is 0. The Morgan fingerprint density at radius 3 is 2.65 bits per heavy atom. The Bertz CT molecular complexity index is 459. The number of hydrogen-bond donors (Lipinski definition) is 1. The lowest BCUT2D eigenvalue weighted by molar-refractivity contribution is 0.0205. The lowest BCUT2D eigenvalue weighted by Crippen LogP contribution is -2.41. The molecule has 1 fully saturated rings. The highest BCUT2D eigenvalue weighted by atomic mass is 32.1. The molecule has 112 valence electrons. The fourth-order valence-corrected chi connectivity index (χ4v) is 3.17. The van der Waals surface area contributed by atoms with Crippen LogP contribution >= 0.6 is 11.3 Å². The number of ether oxygens (including phenoxy) is 1. The van der Waals surface area contributed by atoms with Gasteiger partial charge in [0.15, 0.2) is 0 Å². The molecule has 6 heteroatoms. The van der Waals surface area contributed by atoms with Crippen molar-refractivity contribution in [3.8, 4) is 0 Å². The Balaban J connectivity index is 1.87. The maximum absolute atomic E-state index is 12.0. The van der Waals surface area contributed by atoms with E-state index in [0.717, 1.165) is 22.7 Å². The van der Waals surface area contributed by atoms with Gasteiger partial charge in [0.25, 0.3) is 0 Å². The molecule has 1 aromatic heterocycles. The number of piperidine rings is 1. The molecule has 2 heterocycles. The van der Waals surface area contributed by atoms with E-state index in [-0.39, 0.29) is 12.7 Å². The second-order valence-electron chi connectivity index (χ2n) is 6.06. The predicted octanol–water partition coefficient (Wildman–Crippen LogP) is 2.75. The van der Waals surface area contributed by atoms with E-state index < -0.39 is 5.60 Å². The maximum Gasteiger partial charge on any atom is 0.410 e. The van der Waals surface area contributed by atoms with Crippen LogP contribution in [0.1, 0.15) is 49.4 Å². The molecule has 0 unspecified atom stereocenters. The molecule has 2 rings (SSSR count). The van der Waals surface area contributed by atoms with Gasteiger partial charge in [0, 0.05) is 25.2 Å². The lowest BCUT2D eigenvalue weighted by atomic mass is 9.98. The maximum atomic E-state index is 12.0. The Morgan fingerprint density at radius 1 is 1.50 bits per heavy atom. The third-order valence-corrected chi connectivity index (χ3v) is 4.37. The van der Waals surface area contributed by atoms with Crippen molar-refractivity contribution in [2.24, 2.45) is 0 Å². The van der Waals surface area contributed by atoms with Gasteiger partial charge in [-0.3, -0.25) is 0 Å². The van der Waals surface area contributed by atoms with E-state index in [2.05, 4.69) is 4.98 Å². The molecule has 0 atom stereocenters. The van der Waals surface area contributed by atoms with E-state index >= 15 is 0 Å². The molecule has 0 radical (unpaired) electrons. The van der Waals surface area contributed by atoms with Gasteiger partial charge in [-0.15, -0.1) is 11.3 Å². The zero-order valence-electron chi connectivity index (χ0n) is 12.3. The number of amides is 1. The second kappa shape index (κ2) is 6.10. The number of nitrogens with zero attached hydrogens (tertiary/aromatic N) is 2. The molecule has 5 nitrogen and oxygen atoms in total. The normalized spacial score (nSPS) is 17.3. The molecule has 1 N–H and O–H groups in total. The first-order valence-electron chi connectivity index (χ1n) is 6.92. The van der Waals surface area contributed by atoms with Crippen LogP contribution in [-0.4, -0.2) is 39.8 Å². The molecule has 20 heavy (non-hydrogen) atoms. The summed E-state index contributed by atoms with van der Waals surface area (Å²) in [4.78, 5) is 19.0. The second-order valence-corrected chi connectivity index (χ2v) is 7.21. The van der Waals surface area contributed by atoms with Crippen LogP contribution < -0.4 is 0 Å². The first-order valence-corrected chi connectivity index (χ1v) is 7.74. The molecule has 0 spiro atoms. The number of aliphatic hydroxyl groups is 1. The first-order chi connectivity index (χ1) is 9.39. The molecule has 1 aliphatic rings. The summed E-state index contributed by atoms with van der Waals surface area (Å²) < 4.78 is 5.38. The highest BCUT2D eigenvalue weighted by molar-refractivity contribution is 7.11. The van der Waals surface area contributed by atoms with Gasteiger partial charge in [0.05, 0.1) is 16.5 Å². The smallest absolute Gasteiger partial charge is 0.410 e. The summed E-state index contributed by atoms with van der Waals surface area (Å²) in [6.07, 6.45) is 3.31. The standard InChI is InChI=1S/C14H22N2O3S/c1-14(2,3)19-13(18)16-6-4-10(5-7-16)12-15-8-11(9-17)20-12/h8,10,17H,4-7,9H2,1-3H3. The largest absolute Gasteiger partial charge is 0.444 e. The highest BCUT2D eigenvalue weighted by Crippen LogP contribution is 2.31. The van der Waals surface area contributed by atoms with Crippen LogP contribution in [0.5, 0.6) is 0 Å². The van der Waals surface area contributed by atoms with Gasteiger partial charge >= 0.3 is 6.09 Å². The summed E-state index contributed by atoms with van der Waals surface area (Å²) in [5.41, 5.74) is -0.445. The fourth-order valence-electron chi connectivity index (χ4n) is 2.22. The predicted molar refractivity (Wildman–Crippen MR) is 77.8 cm³/mol. The summed E-state index contributed by atoms with van der Waals surface area (Å²) in [7, 11) is 0. The SMILES string of the molecule is CC(C)(C)OC(=O)N1CCC(c2ncc(CO)s2)CC1. The molecule has 0 aromatic carbocycles. The molecule has 1 amide bonds. The number of aliphatic hydroxyl groups excluding tert-OH is 1. The summed E-state index contributed by atoms with van der Waals surface area (Å²) in [5.74, 6) is 0.388. The molecular weight excluding hydrogens is 276 g/mol. The Kier molecular flexibility index (Phi) is 4.65. The quantitative estimate of drug-likeness (QED) is 0.912. The van der Waals surface area contributed by atoms with E-state index in [1.807, 2.05) is 20.8 Å². The van der Waals surface area contributed by atoms with Crippen molar-refractivity contribution in [3.05, 3.63) is 16.1 Å². The average molecular weight is 298 g/mol. The first kappa shape index (κ1) is 15.3. The van der Waals surface area contributed by atoms with Crippen molar-refractivity contribution in [3.63, 3.8) is 0 Å². The minimum absolute atomic E-state index is 0.0500. The Labute approximate surface area is 123 Å². The molecule has 1 saturated heterocycles. The van der Waals surface area contributed by atoms with Crippen LogP contribution in [0, 0.1) is 0 Å². The summed E-state index contributed by atoms with van der Waals surface area (Å²) in [6.45, 7) is 7.09. The van der Waals surface area contributed by atoms with Gasteiger partial charge in [0.1, 0.15) is 5.60 Å². The van der Waals surface area contributed by atoms with Gasteiger partial charge in [-0.05, 0) is 33.6 Å². The summed E-state index contributed by atoms with van der Waals surface area (Å²) in [5, 5.41) is 10.1.